The van der Waals surface area contributed by atoms with E-state index in [-0.39, 0.29) is 10.8 Å². The first-order valence-corrected chi connectivity index (χ1v) is 4.35. The Morgan fingerprint density at radius 3 is 1.92 bits per heavy atom. The minimum Gasteiger partial charge on any atom is -0.380 e. The van der Waals surface area contributed by atoms with Crippen LogP contribution in [0.4, 0.5) is 0 Å². The normalized spacial score (nSPS) is 29.7. The number of ether oxygens (including phenoxy) is 2. The van der Waals surface area contributed by atoms with E-state index >= 15 is 0 Å². The van der Waals surface area contributed by atoms with Crippen molar-refractivity contribution in [1.82, 2.24) is 0 Å². The minimum absolute atomic E-state index is 0.0972. The third kappa shape index (κ3) is 0.720. The lowest BCUT2D eigenvalue weighted by molar-refractivity contribution is -0.244. The lowest BCUT2D eigenvalue weighted by Crippen LogP contribution is -2.62. The molecule has 0 N–H and O–H groups in total. The van der Waals surface area contributed by atoms with Crippen LogP contribution in [0.25, 0.3) is 0 Å². The topological polar surface area (TPSA) is 42.2 Å². The summed E-state index contributed by atoms with van der Waals surface area (Å²) in [6.07, 6.45) is 1.02. The molecule has 2 aliphatic heterocycles. The number of rotatable bonds is 2. The SMILES string of the molecule is CCC1(C2(C#N)COC2)COC1. The lowest BCUT2D eigenvalue weighted by atomic mass is 9.60. The van der Waals surface area contributed by atoms with Gasteiger partial charge in [-0.2, -0.15) is 5.26 Å². The van der Waals surface area contributed by atoms with Crippen molar-refractivity contribution in [2.75, 3.05) is 26.4 Å². The quantitative estimate of drug-likeness (QED) is 0.615. The second-order valence-corrected chi connectivity index (χ2v) is 3.81. The molecule has 2 heterocycles. The molecular weight excluding hydrogens is 154 g/mol. The monoisotopic (exact) mass is 167 g/mol. The van der Waals surface area contributed by atoms with Crippen molar-refractivity contribution in [3.8, 4) is 6.07 Å². The molecule has 12 heavy (non-hydrogen) atoms. The summed E-state index contributed by atoms with van der Waals surface area (Å²) in [5.41, 5.74) is -0.139. The average Bonchev–Trinajstić information content (AvgIpc) is 1.92. The zero-order valence-corrected chi connectivity index (χ0v) is 7.30. The first kappa shape index (κ1) is 8.03. The molecule has 0 unspecified atom stereocenters. The first-order valence-electron chi connectivity index (χ1n) is 4.35. The molecule has 0 bridgehead atoms. The third-order valence-corrected chi connectivity index (χ3v) is 3.36. The summed E-state index contributed by atoms with van der Waals surface area (Å²) in [5.74, 6) is 0. The second kappa shape index (κ2) is 2.45. The molecule has 0 aromatic carbocycles. The number of hydrogen-bond acceptors (Lipinski definition) is 3. The van der Waals surface area contributed by atoms with Gasteiger partial charge in [0.25, 0.3) is 0 Å². The summed E-state index contributed by atoms with van der Waals surface area (Å²) in [6, 6.07) is 2.40. The van der Waals surface area contributed by atoms with Gasteiger partial charge in [-0.15, -0.1) is 0 Å². The van der Waals surface area contributed by atoms with E-state index in [0.717, 1.165) is 19.6 Å². The summed E-state index contributed by atoms with van der Waals surface area (Å²) in [6.45, 7) is 4.79. The molecule has 3 heteroatoms. The molecule has 0 radical (unpaired) electrons. The third-order valence-electron chi connectivity index (χ3n) is 3.36. The van der Waals surface area contributed by atoms with Crippen LogP contribution < -0.4 is 0 Å². The Kier molecular flexibility index (Phi) is 1.64. The molecule has 2 fully saturated rings. The van der Waals surface area contributed by atoms with Crippen molar-refractivity contribution < 1.29 is 9.47 Å². The molecule has 66 valence electrons. The molecule has 0 aromatic rings. The molecule has 0 aliphatic carbocycles. The maximum Gasteiger partial charge on any atom is 0.114 e. The van der Waals surface area contributed by atoms with Crippen molar-refractivity contribution >= 4 is 0 Å². The van der Waals surface area contributed by atoms with E-state index in [1.807, 2.05) is 0 Å². The number of hydrogen-bond donors (Lipinski definition) is 0. The Balaban J connectivity index is 2.20. The summed E-state index contributed by atoms with van der Waals surface area (Å²) < 4.78 is 10.3. The van der Waals surface area contributed by atoms with E-state index in [1.54, 1.807) is 0 Å². The van der Waals surface area contributed by atoms with E-state index in [4.69, 9.17) is 14.7 Å². The number of nitriles is 1. The predicted octanol–water partition coefficient (Wildman–Crippen LogP) is 0.953. The highest BCUT2D eigenvalue weighted by atomic mass is 16.5. The molecule has 0 atom stereocenters. The van der Waals surface area contributed by atoms with Gasteiger partial charge in [-0.25, -0.2) is 0 Å². The summed E-state index contributed by atoms with van der Waals surface area (Å²) in [7, 11) is 0. The van der Waals surface area contributed by atoms with Gasteiger partial charge in [0.1, 0.15) is 5.41 Å². The Bertz CT molecular complexity index is 218. The van der Waals surface area contributed by atoms with E-state index in [0.29, 0.717) is 13.2 Å². The van der Waals surface area contributed by atoms with Crippen molar-refractivity contribution in [2.45, 2.75) is 13.3 Å². The Labute approximate surface area is 72.3 Å². The van der Waals surface area contributed by atoms with Crippen LogP contribution in [0.5, 0.6) is 0 Å². The zero-order valence-electron chi connectivity index (χ0n) is 7.30. The van der Waals surface area contributed by atoms with Crippen LogP contribution in [-0.4, -0.2) is 26.4 Å². The van der Waals surface area contributed by atoms with Gasteiger partial charge < -0.3 is 9.47 Å². The van der Waals surface area contributed by atoms with Crippen LogP contribution in [-0.2, 0) is 9.47 Å². The fourth-order valence-electron chi connectivity index (χ4n) is 1.96. The smallest absolute Gasteiger partial charge is 0.114 e. The predicted molar refractivity (Wildman–Crippen MR) is 42.4 cm³/mol. The summed E-state index contributed by atoms with van der Waals surface area (Å²) in [4.78, 5) is 0. The average molecular weight is 167 g/mol. The highest BCUT2D eigenvalue weighted by molar-refractivity contribution is 5.16. The fraction of sp³-hybridized carbons (Fsp3) is 0.889. The van der Waals surface area contributed by atoms with Gasteiger partial charge in [0.2, 0.25) is 0 Å². The van der Waals surface area contributed by atoms with Gasteiger partial charge in [0.05, 0.1) is 32.5 Å². The highest BCUT2D eigenvalue weighted by Crippen LogP contribution is 2.51. The first-order chi connectivity index (χ1) is 5.79. The van der Waals surface area contributed by atoms with E-state index in [2.05, 4.69) is 13.0 Å². The van der Waals surface area contributed by atoms with Gasteiger partial charge in [-0.3, -0.25) is 0 Å². The van der Waals surface area contributed by atoms with Crippen LogP contribution in [0.1, 0.15) is 13.3 Å². The molecular formula is C9H13NO2. The van der Waals surface area contributed by atoms with Gasteiger partial charge in [0, 0.05) is 5.41 Å². The fourth-order valence-corrected chi connectivity index (χ4v) is 1.96. The molecule has 3 nitrogen and oxygen atoms in total. The van der Waals surface area contributed by atoms with E-state index < -0.39 is 0 Å². The molecule has 2 rings (SSSR count). The van der Waals surface area contributed by atoms with Crippen LogP contribution in [0.2, 0.25) is 0 Å². The maximum absolute atomic E-state index is 9.08. The maximum atomic E-state index is 9.08. The van der Waals surface area contributed by atoms with Gasteiger partial charge >= 0.3 is 0 Å². The Morgan fingerprint density at radius 1 is 1.25 bits per heavy atom. The van der Waals surface area contributed by atoms with Crippen LogP contribution in [0.3, 0.4) is 0 Å². The van der Waals surface area contributed by atoms with Gasteiger partial charge in [-0.05, 0) is 6.42 Å². The summed E-state index contributed by atoms with van der Waals surface area (Å²) >= 11 is 0. The highest BCUT2D eigenvalue weighted by Gasteiger charge is 2.59. The molecule has 2 aliphatic rings. The van der Waals surface area contributed by atoms with Crippen LogP contribution >= 0.6 is 0 Å². The van der Waals surface area contributed by atoms with Crippen LogP contribution in [0, 0.1) is 22.2 Å². The minimum atomic E-state index is -0.236. The summed E-state index contributed by atoms with van der Waals surface area (Å²) in [5, 5.41) is 9.08. The molecule has 0 saturated carbocycles. The molecule has 0 spiro atoms. The number of nitrogens with zero attached hydrogens (tertiary/aromatic N) is 1. The standard InChI is InChI=1S/C9H13NO2/c1-2-8(4-11-5-8)9(3-10)6-12-7-9/h2,4-7H2,1H3. The van der Waals surface area contributed by atoms with E-state index in [9.17, 15) is 0 Å². The van der Waals surface area contributed by atoms with Crippen molar-refractivity contribution in [3.63, 3.8) is 0 Å². The Morgan fingerprint density at radius 2 is 1.83 bits per heavy atom. The van der Waals surface area contributed by atoms with Gasteiger partial charge in [-0.1, -0.05) is 6.92 Å². The van der Waals surface area contributed by atoms with Crippen LogP contribution in [0.15, 0.2) is 0 Å². The molecule has 0 amide bonds. The molecule has 0 aromatic heterocycles. The van der Waals surface area contributed by atoms with Crippen molar-refractivity contribution in [3.05, 3.63) is 0 Å². The molecule has 2 saturated heterocycles. The lowest BCUT2D eigenvalue weighted by Gasteiger charge is -2.55. The van der Waals surface area contributed by atoms with E-state index in [1.165, 1.54) is 0 Å². The van der Waals surface area contributed by atoms with Gasteiger partial charge in [0.15, 0.2) is 0 Å². The van der Waals surface area contributed by atoms with Crippen molar-refractivity contribution in [1.29, 1.82) is 5.26 Å². The zero-order chi connectivity index (χ0) is 8.66. The Hall–Kier alpha value is -0.590. The largest absolute Gasteiger partial charge is 0.380 e. The van der Waals surface area contributed by atoms with Crippen molar-refractivity contribution in [2.24, 2.45) is 10.8 Å². The second-order valence-electron chi connectivity index (χ2n) is 3.81.